The van der Waals surface area contributed by atoms with E-state index < -0.39 is 5.91 Å². The fraction of sp³-hybridized carbons (Fsp3) is 0.174. The minimum atomic E-state index is -0.429. The number of ether oxygens (including phenoxy) is 1. The third kappa shape index (κ3) is 4.15. The molecule has 9 heteroatoms. The number of benzene rings is 2. The zero-order valence-electron chi connectivity index (χ0n) is 18.0. The number of rotatable bonds is 7. The molecule has 164 valence electrons. The summed E-state index contributed by atoms with van der Waals surface area (Å²) in [5.74, 6) is 0.326. The Balaban J connectivity index is 1.56. The van der Waals surface area contributed by atoms with Gasteiger partial charge in [0.2, 0.25) is 0 Å². The lowest BCUT2D eigenvalue weighted by molar-refractivity contribution is 0.102. The van der Waals surface area contributed by atoms with E-state index in [0.29, 0.717) is 11.6 Å². The molecule has 2 aromatic heterocycles. The summed E-state index contributed by atoms with van der Waals surface area (Å²) < 4.78 is 8.47. The van der Waals surface area contributed by atoms with Crippen LogP contribution in [0.3, 0.4) is 0 Å². The van der Waals surface area contributed by atoms with Crippen molar-refractivity contribution < 1.29 is 9.53 Å². The van der Waals surface area contributed by atoms with E-state index in [4.69, 9.17) is 4.74 Å². The normalized spacial score (nSPS) is 10.7. The Morgan fingerprint density at radius 3 is 2.50 bits per heavy atom. The van der Waals surface area contributed by atoms with Gasteiger partial charge >= 0.3 is 0 Å². The van der Waals surface area contributed by atoms with Crippen molar-refractivity contribution in [3.05, 3.63) is 81.7 Å². The first-order valence-corrected chi connectivity index (χ1v) is 10.9. The molecule has 2 aromatic carbocycles. The highest BCUT2D eigenvalue weighted by atomic mass is 32.1. The molecule has 8 nitrogen and oxygen atoms in total. The van der Waals surface area contributed by atoms with Crippen LogP contribution in [0.5, 0.6) is 5.75 Å². The van der Waals surface area contributed by atoms with Gasteiger partial charge in [0.15, 0.2) is 5.13 Å². The van der Waals surface area contributed by atoms with Gasteiger partial charge in [-0.2, -0.15) is 0 Å². The average molecular weight is 450 g/mol. The van der Waals surface area contributed by atoms with E-state index in [1.807, 2.05) is 68.6 Å². The molecule has 0 saturated heterocycles. The number of hydrogen-bond acceptors (Lipinski definition) is 6. The van der Waals surface area contributed by atoms with Gasteiger partial charge in [0.25, 0.3) is 11.5 Å². The summed E-state index contributed by atoms with van der Waals surface area (Å²) >= 11 is 1.31. The van der Waals surface area contributed by atoms with Crippen LogP contribution in [0.25, 0.3) is 5.69 Å². The second-order valence-corrected chi connectivity index (χ2v) is 7.85. The predicted molar refractivity (Wildman–Crippen MR) is 127 cm³/mol. The topological polar surface area (TPSA) is 90.2 Å². The number of carbonyl (C=O) groups is 1. The van der Waals surface area contributed by atoms with E-state index >= 15 is 0 Å². The van der Waals surface area contributed by atoms with E-state index in [1.165, 1.54) is 11.3 Å². The maximum absolute atomic E-state index is 13.1. The van der Waals surface area contributed by atoms with Crippen LogP contribution in [-0.2, 0) is 13.5 Å². The van der Waals surface area contributed by atoms with Crippen molar-refractivity contribution in [2.75, 3.05) is 17.7 Å². The number of thiazole rings is 1. The van der Waals surface area contributed by atoms with Crippen LogP contribution in [0.15, 0.2) is 64.8 Å². The molecule has 4 aromatic rings. The van der Waals surface area contributed by atoms with Gasteiger partial charge in [-0.05, 0) is 42.8 Å². The van der Waals surface area contributed by atoms with Gasteiger partial charge < -0.3 is 15.4 Å². The van der Waals surface area contributed by atoms with Gasteiger partial charge in [-0.1, -0.05) is 25.1 Å². The van der Waals surface area contributed by atoms with Crippen LogP contribution in [-0.4, -0.2) is 27.4 Å². The molecule has 0 saturated carbocycles. The van der Waals surface area contributed by atoms with E-state index in [1.54, 1.807) is 21.9 Å². The Morgan fingerprint density at radius 1 is 1.12 bits per heavy atom. The zero-order valence-corrected chi connectivity index (χ0v) is 18.8. The third-order valence-electron chi connectivity index (χ3n) is 5.04. The standard InChI is InChI=1S/C23H23N5O3S/c1-4-19-20(22(30)28(27(19)2)16-8-6-5-7-9-16)26-21(29)18-14-32-23(25-18)24-15-10-12-17(31-3)13-11-15/h5-14H,4H2,1-3H3,(H,24,25)(H,26,29). The third-order valence-corrected chi connectivity index (χ3v) is 5.80. The molecule has 1 amide bonds. The lowest BCUT2D eigenvalue weighted by Gasteiger charge is -2.08. The van der Waals surface area contributed by atoms with Crippen LogP contribution in [0.1, 0.15) is 23.1 Å². The highest BCUT2D eigenvalue weighted by Gasteiger charge is 2.21. The number of carbonyl (C=O) groups excluding carboxylic acids is 1. The molecule has 4 rings (SSSR count). The summed E-state index contributed by atoms with van der Waals surface area (Å²) in [5, 5.41) is 8.17. The molecular formula is C23H23N5O3S. The van der Waals surface area contributed by atoms with Crippen molar-refractivity contribution in [2.45, 2.75) is 13.3 Å². The Labute approximate surface area is 189 Å². The van der Waals surface area contributed by atoms with Crippen LogP contribution in [0.4, 0.5) is 16.5 Å². The van der Waals surface area contributed by atoms with Gasteiger partial charge in [-0.3, -0.25) is 14.3 Å². The van der Waals surface area contributed by atoms with Crippen LogP contribution < -0.4 is 20.9 Å². The van der Waals surface area contributed by atoms with Crippen molar-refractivity contribution in [3.63, 3.8) is 0 Å². The van der Waals surface area contributed by atoms with E-state index in [9.17, 15) is 9.59 Å². The largest absolute Gasteiger partial charge is 0.497 e. The first-order chi connectivity index (χ1) is 15.5. The number of nitrogens with one attached hydrogen (secondary N) is 2. The van der Waals surface area contributed by atoms with E-state index in [-0.39, 0.29) is 16.9 Å². The summed E-state index contributed by atoms with van der Waals surface area (Å²) in [7, 11) is 3.42. The van der Waals surface area contributed by atoms with Crippen LogP contribution in [0.2, 0.25) is 0 Å². The van der Waals surface area contributed by atoms with Gasteiger partial charge in [0.05, 0.1) is 18.5 Å². The van der Waals surface area contributed by atoms with Gasteiger partial charge in [-0.25, -0.2) is 9.67 Å². The van der Waals surface area contributed by atoms with Gasteiger partial charge in [-0.15, -0.1) is 11.3 Å². The fourth-order valence-electron chi connectivity index (χ4n) is 3.45. The smallest absolute Gasteiger partial charge is 0.295 e. The Kier molecular flexibility index (Phi) is 6.09. The molecule has 2 N–H and O–H groups in total. The molecule has 0 aliphatic rings. The molecule has 2 heterocycles. The molecule has 0 fully saturated rings. The highest BCUT2D eigenvalue weighted by molar-refractivity contribution is 7.14. The number of aromatic nitrogens is 3. The molecule has 0 atom stereocenters. The molecule has 0 unspecified atom stereocenters. The van der Waals surface area contributed by atoms with Crippen molar-refractivity contribution in [2.24, 2.45) is 7.05 Å². The van der Waals surface area contributed by atoms with Gasteiger partial charge in [0, 0.05) is 18.1 Å². The zero-order chi connectivity index (χ0) is 22.7. The number of hydrogen-bond donors (Lipinski definition) is 2. The van der Waals surface area contributed by atoms with Crippen molar-refractivity contribution >= 4 is 33.8 Å². The monoisotopic (exact) mass is 449 g/mol. The summed E-state index contributed by atoms with van der Waals surface area (Å²) in [6, 6.07) is 16.7. The summed E-state index contributed by atoms with van der Waals surface area (Å²) in [6.07, 6.45) is 0.586. The fourth-order valence-corrected chi connectivity index (χ4v) is 4.16. The number of para-hydroxylation sites is 1. The second-order valence-electron chi connectivity index (χ2n) is 7.00. The molecule has 0 aliphatic heterocycles. The molecule has 0 bridgehead atoms. The summed E-state index contributed by atoms with van der Waals surface area (Å²) in [5.41, 5.74) is 2.52. The minimum Gasteiger partial charge on any atom is -0.497 e. The molecular weight excluding hydrogens is 426 g/mol. The second kappa shape index (κ2) is 9.11. The van der Waals surface area contributed by atoms with Crippen molar-refractivity contribution in [1.82, 2.24) is 14.3 Å². The number of anilines is 3. The Bertz CT molecular complexity index is 1290. The van der Waals surface area contributed by atoms with E-state index in [2.05, 4.69) is 15.6 Å². The van der Waals surface area contributed by atoms with Crippen LogP contribution >= 0.6 is 11.3 Å². The highest BCUT2D eigenvalue weighted by Crippen LogP contribution is 2.24. The minimum absolute atomic E-state index is 0.238. The lowest BCUT2D eigenvalue weighted by Crippen LogP contribution is -2.23. The van der Waals surface area contributed by atoms with Crippen LogP contribution in [0, 0.1) is 0 Å². The number of methoxy groups -OCH3 is 1. The number of nitrogens with zero attached hydrogens (tertiary/aromatic N) is 3. The maximum atomic E-state index is 13.1. The Morgan fingerprint density at radius 2 is 1.84 bits per heavy atom. The molecule has 0 spiro atoms. The van der Waals surface area contributed by atoms with Crippen molar-refractivity contribution in [3.8, 4) is 11.4 Å². The average Bonchev–Trinajstić information content (AvgIpc) is 3.37. The van der Waals surface area contributed by atoms with E-state index in [0.717, 1.165) is 22.8 Å². The first-order valence-electron chi connectivity index (χ1n) is 10.1. The molecule has 32 heavy (non-hydrogen) atoms. The SMILES string of the molecule is CCc1c(NC(=O)c2csc(Nc3ccc(OC)cc3)n2)c(=O)n(-c2ccccc2)n1C. The Hall–Kier alpha value is -3.85. The predicted octanol–water partition coefficient (Wildman–Crippen LogP) is 4.20. The number of amides is 1. The van der Waals surface area contributed by atoms with Gasteiger partial charge in [0.1, 0.15) is 17.1 Å². The molecule has 0 aliphatic carbocycles. The summed E-state index contributed by atoms with van der Waals surface area (Å²) in [6.45, 7) is 1.94. The summed E-state index contributed by atoms with van der Waals surface area (Å²) in [4.78, 5) is 30.4. The lowest BCUT2D eigenvalue weighted by atomic mass is 10.3. The molecule has 0 radical (unpaired) electrons. The maximum Gasteiger partial charge on any atom is 0.295 e. The first kappa shape index (κ1) is 21.4. The quantitative estimate of drug-likeness (QED) is 0.441. The van der Waals surface area contributed by atoms with Crippen molar-refractivity contribution in [1.29, 1.82) is 0 Å².